The van der Waals surface area contributed by atoms with Crippen molar-refractivity contribution in [2.24, 2.45) is 5.73 Å². The number of phenolic OH excluding ortho intramolecular Hbond substituents is 1. The lowest BCUT2D eigenvalue weighted by molar-refractivity contribution is 0.276. The van der Waals surface area contributed by atoms with Crippen molar-refractivity contribution in [2.45, 2.75) is 12.5 Å². The maximum Gasteiger partial charge on any atom is 0.120 e. The molecule has 0 saturated carbocycles. The van der Waals surface area contributed by atoms with E-state index in [0.29, 0.717) is 12.0 Å². The molecule has 1 atom stereocenters. The van der Waals surface area contributed by atoms with E-state index in [-0.39, 0.29) is 18.4 Å². The van der Waals surface area contributed by atoms with E-state index < -0.39 is 0 Å². The molecule has 2 aromatic rings. The standard InChI is InChI=1S/C13H15NO2/c14-11(7-8-15)13-10-4-2-1-3-9(10)5-6-12(13)16/h1-6,11,15-16H,7-8,14H2. The summed E-state index contributed by atoms with van der Waals surface area (Å²) in [5.74, 6) is 0.194. The molecule has 0 spiro atoms. The fourth-order valence-corrected chi connectivity index (χ4v) is 1.96. The highest BCUT2D eigenvalue weighted by molar-refractivity contribution is 5.88. The molecule has 0 aliphatic heterocycles. The van der Waals surface area contributed by atoms with Crippen molar-refractivity contribution in [3.05, 3.63) is 42.0 Å². The van der Waals surface area contributed by atoms with Crippen molar-refractivity contribution in [2.75, 3.05) is 6.61 Å². The van der Waals surface area contributed by atoms with E-state index in [4.69, 9.17) is 10.8 Å². The number of hydrogen-bond acceptors (Lipinski definition) is 3. The highest BCUT2D eigenvalue weighted by atomic mass is 16.3. The molecule has 0 heterocycles. The Hall–Kier alpha value is -1.58. The van der Waals surface area contributed by atoms with E-state index in [9.17, 15) is 5.11 Å². The average molecular weight is 217 g/mol. The zero-order valence-electron chi connectivity index (χ0n) is 8.93. The van der Waals surface area contributed by atoms with Crippen LogP contribution in [0.5, 0.6) is 5.75 Å². The summed E-state index contributed by atoms with van der Waals surface area (Å²) < 4.78 is 0. The summed E-state index contributed by atoms with van der Waals surface area (Å²) >= 11 is 0. The smallest absolute Gasteiger partial charge is 0.120 e. The molecular weight excluding hydrogens is 202 g/mol. The fraction of sp³-hybridized carbons (Fsp3) is 0.231. The molecule has 1 unspecified atom stereocenters. The van der Waals surface area contributed by atoms with Crippen LogP contribution in [-0.4, -0.2) is 16.8 Å². The Kier molecular flexibility index (Phi) is 3.08. The quantitative estimate of drug-likeness (QED) is 0.736. The van der Waals surface area contributed by atoms with Crippen molar-refractivity contribution in [3.63, 3.8) is 0 Å². The number of benzene rings is 2. The molecule has 3 heteroatoms. The molecule has 2 rings (SSSR count). The fourth-order valence-electron chi connectivity index (χ4n) is 1.96. The Labute approximate surface area is 94.1 Å². The summed E-state index contributed by atoms with van der Waals surface area (Å²) in [6, 6.07) is 10.9. The molecule has 0 bridgehead atoms. The predicted molar refractivity (Wildman–Crippen MR) is 64.2 cm³/mol. The van der Waals surface area contributed by atoms with Gasteiger partial charge < -0.3 is 15.9 Å². The third-order valence-electron chi connectivity index (χ3n) is 2.76. The largest absolute Gasteiger partial charge is 0.508 e. The molecule has 4 N–H and O–H groups in total. The Balaban J connectivity index is 2.61. The van der Waals surface area contributed by atoms with Gasteiger partial charge in [0.15, 0.2) is 0 Å². The van der Waals surface area contributed by atoms with Gasteiger partial charge in [0.1, 0.15) is 5.75 Å². The summed E-state index contributed by atoms with van der Waals surface area (Å²) in [4.78, 5) is 0. The third kappa shape index (κ3) is 1.87. The molecule has 2 aromatic carbocycles. The normalized spacial score (nSPS) is 12.9. The number of aromatic hydroxyl groups is 1. The second-order valence-electron chi connectivity index (χ2n) is 3.84. The van der Waals surface area contributed by atoms with Crippen molar-refractivity contribution >= 4 is 10.8 Å². The molecule has 0 saturated heterocycles. The second-order valence-corrected chi connectivity index (χ2v) is 3.84. The molecule has 0 aliphatic carbocycles. The van der Waals surface area contributed by atoms with E-state index in [1.54, 1.807) is 6.07 Å². The van der Waals surface area contributed by atoms with Gasteiger partial charge in [-0.25, -0.2) is 0 Å². The maximum atomic E-state index is 9.84. The van der Waals surface area contributed by atoms with E-state index in [1.807, 2.05) is 30.3 Å². The van der Waals surface area contributed by atoms with Gasteiger partial charge in [0, 0.05) is 18.2 Å². The van der Waals surface area contributed by atoms with Crippen molar-refractivity contribution in [3.8, 4) is 5.75 Å². The van der Waals surface area contributed by atoms with Crippen LogP contribution in [-0.2, 0) is 0 Å². The van der Waals surface area contributed by atoms with E-state index in [2.05, 4.69) is 0 Å². The van der Waals surface area contributed by atoms with Gasteiger partial charge in [0.05, 0.1) is 0 Å². The zero-order chi connectivity index (χ0) is 11.5. The summed E-state index contributed by atoms with van der Waals surface area (Å²) in [6.07, 6.45) is 0.446. The van der Waals surface area contributed by atoms with E-state index in [0.717, 1.165) is 10.8 Å². The minimum absolute atomic E-state index is 0.0177. The van der Waals surface area contributed by atoms with Gasteiger partial charge >= 0.3 is 0 Å². The molecule has 0 aromatic heterocycles. The lowest BCUT2D eigenvalue weighted by Gasteiger charge is -2.15. The number of phenols is 1. The van der Waals surface area contributed by atoms with Gasteiger partial charge in [-0.15, -0.1) is 0 Å². The molecule has 16 heavy (non-hydrogen) atoms. The molecule has 0 radical (unpaired) electrons. The second kappa shape index (κ2) is 4.51. The topological polar surface area (TPSA) is 66.5 Å². The summed E-state index contributed by atoms with van der Waals surface area (Å²) in [5, 5.41) is 20.7. The van der Waals surface area contributed by atoms with Crippen LogP contribution >= 0.6 is 0 Å². The Morgan fingerprint density at radius 2 is 1.88 bits per heavy atom. The zero-order valence-corrected chi connectivity index (χ0v) is 8.93. The van der Waals surface area contributed by atoms with Crippen LogP contribution in [0.25, 0.3) is 10.8 Å². The average Bonchev–Trinajstić information content (AvgIpc) is 2.29. The molecular formula is C13H15NO2. The molecule has 0 amide bonds. The highest BCUT2D eigenvalue weighted by Crippen LogP contribution is 2.32. The SMILES string of the molecule is NC(CCO)c1c(O)ccc2ccccc12. The number of rotatable bonds is 3. The summed E-state index contributed by atoms with van der Waals surface area (Å²) in [7, 11) is 0. The van der Waals surface area contributed by atoms with Gasteiger partial charge in [0.25, 0.3) is 0 Å². The van der Waals surface area contributed by atoms with Crippen LogP contribution in [0.1, 0.15) is 18.0 Å². The van der Waals surface area contributed by atoms with Gasteiger partial charge in [-0.3, -0.25) is 0 Å². The summed E-state index contributed by atoms with van der Waals surface area (Å²) in [6.45, 7) is 0.0177. The predicted octanol–water partition coefficient (Wildman–Crippen LogP) is 1.93. The monoisotopic (exact) mass is 217 g/mol. The first-order valence-corrected chi connectivity index (χ1v) is 5.31. The van der Waals surface area contributed by atoms with Crippen molar-refractivity contribution in [1.29, 1.82) is 0 Å². The first-order valence-electron chi connectivity index (χ1n) is 5.31. The van der Waals surface area contributed by atoms with Gasteiger partial charge in [-0.1, -0.05) is 30.3 Å². The van der Waals surface area contributed by atoms with Gasteiger partial charge in [-0.2, -0.15) is 0 Å². The van der Waals surface area contributed by atoms with Crippen LogP contribution in [0.3, 0.4) is 0 Å². The molecule has 3 nitrogen and oxygen atoms in total. The van der Waals surface area contributed by atoms with Crippen LogP contribution in [0.4, 0.5) is 0 Å². The van der Waals surface area contributed by atoms with Gasteiger partial charge in [0.2, 0.25) is 0 Å². The Bertz CT molecular complexity index is 496. The van der Waals surface area contributed by atoms with Gasteiger partial charge in [-0.05, 0) is 23.3 Å². The number of fused-ring (bicyclic) bond motifs is 1. The number of nitrogens with two attached hydrogens (primary N) is 1. The van der Waals surface area contributed by atoms with Crippen molar-refractivity contribution in [1.82, 2.24) is 0 Å². The van der Waals surface area contributed by atoms with Crippen LogP contribution in [0.15, 0.2) is 36.4 Å². The number of hydrogen-bond donors (Lipinski definition) is 3. The lowest BCUT2D eigenvalue weighted by Crippen LogP contribution is -2.12. The summed E-state index contributed by atoms with van der Waals surface area (Å²) in [5.41, 5.74) is 6.67. The highest BCUT2D eigenvalue weighted by Gasteiger charge is 2.13. The number of aliphatic hydroxyl groups excluding tert-OH is 1. The molecule has 0 aliphatic rings. The van der Waals surface area contributed by atoms with E-state index >= 15 is 0 Å². The van der Waals surface area contributed by atoms with Crippen LogP contribution in [0.2, 0.25) is 0 Å². The maximum absolute atomic E-state index is 9.84. The first kappa shape index (κ1) is 10.9. The van der Waals surface area contributed by atoms with Crippen molar-refractivity contribution < 1.29 is 10.2 Å². The molecule has 84 valence electrons. The minimum Gasteiger partial charge on any atom is -0.508 e. The first-order chi connectivity index (χ1) is 7.74. The Morgan fingerprint density at radius 3 is 2.62 bits per heavy atom. The number of aliphatic hydroxyl groups is 1. The lowest BCUT2D eigenvalue weighted by atomic mass is 9.96. The third-order valence-corrected chi connectivity index (χ3v) is 2.76. The Morgan fingerprint density at radius 1 is 1.12 bits per heavy atom. The van der Waals surface area contributed by atoms with Crippen LogP contribution < -0.4 is 5.73 Å². The van der Waals surface area contributed by atoms with Crippen LogP contribution in [0, 0.1) is 0 Å². The van der Waals surface area contributed by atoms with E-state index in [1.165, 1.54) is 0 Å². The molecule has 0 fully saturated rings. The minimum atomic E-state index is -0.337.